The molecule has 0 unspecified atom stereocenters. The normalized spacial score (nSPS) is 12.2. The summed E-state index contributed by atoms with van der Waals surface area (Å²) in [6.07, 6.45) is 0.657. The second-order valence-electron chi connectivity index (χ2n) is 8.21. The Morgan fingerprint density at radius 1 is 0.971 bits per heavy atom. The van der Waals surface area contributed by atoms with Crippen LogP contribution in [0.5, 0.6) is 5.75 Å². The average molecular weight is 501 g/mol. The smallest absolute Gasteiger partial charge is 0.263 e. The van der Waals surface area contributed by atoms with E-state index in [1.807, 2.05) is 52.0 Å². The van der Waals surface area contributed by atoms with E-state index in [1.165, 1.54) is 18.2 Å². The summed E-state index contributed by atoms with van der Waals surface area (Å²) in [7, 11) is -2.39. The summed E-state index contributed by atoms with van der Waals surface area (Å²) in [4.78, 5) is 12.9. The molecule has 0 fully saturated rings. The molecule has 6 nitrogen and oxygen atoms in total. The quantitative estimate of drug-likeness (QED) is 0.400. The van der Waals surface area contributed by atoms with E-state index < -0.39 is 10.0 Å². The molecule has 0 saturated carbocycles. The van der Waals surface area contributed by atoms with Crippen LogP contribution < -0.4 is 14.8 Å². The lowest BCUT2D eigenvalue weighted by Crippen LogP contribution is -2.28. The Morgan fingerprint density at radius 3 is 2.32 bits per heavy atom. The topological polar surface area (TPSA) is 84.5 Å². The van der Waals surface area contributed by atoms with Crippen molar-refractivity contribution < 1.29 is 17.9 Å². The van der Waals surface area contributed by atoms with Crippen LogP contribution in [0.3, 0.4) is 0 Å². The van der Waals surface area contributed by atoms with Gasteiger partial charge in [0, 0.05) is 11.3 Å². The van der Waals surface area contributed by atoms with Gasteiger partial charge in [0.25, 0.3) is 15.9 Å². The van der Waals surface area contributed by atoms with Crippen molar-refractivity contribution in [2.75, 3.05) is 11.8 Å². The largest absolute Gasteiger partial charge is 0.496 e. The molecule has 3 rings (SSSR count). The van der Waals surface area contributed by atoms with Gasteiger partial charge in [-0.1, -0.05) is 36.7 Å². The summed E-state index contributed by atoms with van der Waals surface area (Å²) in [5, 5.41) is 3.02. The maximum Gasteiger partial charge on any atom is 0.263 e. The molecule has 2 N–H and O–H groups in total. The highest BCUT2D eigenvalue weighted by atomic mass is 35.5. The Morgan fingerprint density at radius 2 is 1.71 bits per heavy atom. The molecule has 0 aliphatic rings. The van der Waals surface area contributed by atoms with E-state index in [0.717, 1.165) is 28.0 Å². The Hall–Kier alpha value is -3.03. The molecule has 0 aliphatic carbocycles. The summed E-state index contributed by atoms with van der Waals surface area (Å²) in [6.45, 7) is 7.76. The molecule has 8 heteroatoms. The van der Waals surface area contributed by atoms with Crippen molar-refractivity contribution in [2.24, 2.45) is 0 Å². The highest BCUT2D eigenvalue weighted by molar-refractivity contribution is 7.92. The first kappa shape index (κ1) is 25.6. The zero-order valence-corrected chi connectivity index (χ0v) is 21.5. The van der Waals surface area contributed by atoms with Crippen LogP contribution in [-0.4, -0.2) is 21.4 Å². The fraction of sp³-hybridized carbons (Fsp3) is 0.269. The van der Waals surface area contributed by atoms with Gasteiger partial charge >= 0.3 is 0 Å². The van der Waals surface area contributed by atoms with Gasteiger partial charge in [0.1, 0.15) is 10.6 Å². The van der Waals surface area contributed by atoms with Crippen LogP contribution in [0.4, 0.5) is 5.69 Å². The van der Waals surface area contributed by atoms with Crippen molar-refractivity contribution in [3.05, 3.63) is 87.4 Å². The molecule has 0 aromatic heterocycles. The fourth-order valence-electron chi connectivity index (χ4n) is 3.65. The molecular formula is C26H29ClN2O4S. The lowest BCUT2D eigenvalue weighted by molar-refractivity contribution is 0.0935. The third-order valence-corrected chi connectivity index (χ3v) is 7.64. The van der Waals surface area contributed by atoms with E-state index in [4.69, 9.17) is 16.3 Å². The van der Waals surface area contributed by atoms with Crippen LogP contribution in [-0.2, 0) is 10.0 Å². The van der Waals surface area contributed by atoms with Crippen molar-refractivity contribution in [1.82, 2.24) is 5.32 Å². The van der Waals surface area contributed by atoms with Gasteiger partial charge in [0.15, 0.2) is 0 Å². The second-order valence-corrected chi connectivity index (χ2v) is 10.3. The maximum absolute atomic E-state index is 13.1. The van der Waals surface area contributed by atoms with Gasteiger partial charge in [-0.3, -0.25) is 9.52 Å². The lowest BCUT2D eigenvalue weighted by atomic mass is 10.0. The van der Waals surface area contributed by atoms with Gasteiger partial charge in [0.05, 0.1) is 18.2 Å². The van der Waals surface area contributed by atoms with Crippen LogP contribution in [0, 0.1) is 20.8 Å². The molecule has 1 atom stereocenters. The molecule has 0 spiro atoms. The van der Waals surface area contributed by atoms with E-state index >= 15 is 0 Å². The zero-order chi connectivity index (χ0) is 25.0. The number of aryl methyl sites for hydroxylation is 3. The van der Waals surface area contributed by atoms with Gasteiger partial charge in [-0.15, -0.1) is 0 Å². The Bertz CT molecular complexity index is 1320. The highest BCUT2D eigenvalue weighted by Crippen LogP contribution is 2.28. The fourth-order valence-corrected chi connectivity index (χ4v) is 5.22. The van der Waals surface area contributed by atoms with Gasteiger partial charge in [-0.25, -0.2) is 8.42 Å². The number of methoxy groups -OCH3 is 1. The van der Waals surface area contributed by atoms with E-state index in [-0.39, 0.29) is 27.4 Å². The Kier molecular flexibility index (Phi) is 7.89. The number of benzene rings is 3. The summed E-state index contributed by atoms with van der Waals surface area (Å²) in [5.74, 6) is 0.383. The Balaban J connectivity index is 1.86. The van der Waals surface area contributed by atoms with Crippen LogP contribution in [0.25, 0.3) is 0 Å². The van der Waals surface area contributed by atoms with Gasteiger partial charge in [-0.2, -0.15) is 0 Å². The number of halogens is 1. The van der Waals surface area contributed by atoms with Crippen molar-refractivity contribution in [3.63, 3.8) is 0 Å². The van der Waals surface area contributed by atoms with E-state index in [0.29, 0.717) is 12.1 Å². The SMILES string of the molecule is CC[C@@H](NC(=O)c1ccc(Cl)c(S(=O)(=O)Nc2ccc(C)c(C)c2)c1)c1ccc(OC)c(C)c1. The molecule has 0 saturated heterocycles. The summed E-state index contributed by atoms with van der Waals surface area (Å²) >= 11 is 6.22. The third-order valence-electron chi connectivity index (χ3n) is 5.78. The minimum Gasteiger partial charge on any atom is -0.496 e. The molecule has 0 radical (unpaired) electrons. The van der Waals surface area contributed by atoms with Crippen molar-refractivity contribution in [3.8, 4) is 5.75 Å². The van der Waals surface area contributed by atoms with Crippen LogP contribution in [0.1, 0.15) is 52.0 Å². The lowest BCUT2D eigenvalue weighted by Gasteiger charge is -2.19. The molecule has 180 valence electrons. The third kappa shape index (κ3) is 5.72. The second kappa shape index (κ2) is 10.5. The number of amides is 1. The number of hydrogen-bond donors (Lipinski definition) is 2. The van der Waals surface area contributed by atoms with E-state index in [1.54, 1.807) is 19.2 Å². The minimum atomic E-state index is -4.00. The van der Waals surface area contributed by atoms with Crippen molar-refractivity contribution >= 4 is 33.2 Å². The molecule has 3 aromatic rings. The predicted octanol–water partition coefficient (Wildman–Crippen LogP) is 5.96. The molecular weight excluding hydrogens is 472 g/mol. The summed E-state index contributed by atoms with van der Waals surface area (Å²) in [6, 6.07) is 15.0. The molecule has 0 bridgehead atoms. The molecule has 1 amide bonds. The van der Waals surface area contributed by atoms with Crippen molar-refractivity contribution in [1.29, 1.82) is 0 Å². The van der Waals surface area contributed by atoms with Gasteiger partial charge in [0.2, 0.25) is 0 Å². The Labute approximate surface area is 206 Å². The van der Waals surface area contributed by atoms with E-state index in [9.17, 15) is 13.2 Å². The highest BCUT2D eigenvalue weighted by Gasteiger charge is 2.22. The summed E-state index contributed by atoms with van der Waals surface area (Å²) < 4.78 is 34.0. The van der Waals surface area contributed by atoms with Gasteiger partial charge < -0.3 is 10.1 Å². The number of ether oxygens (including phenoxy) is 1. The van der Waals surface area contributed by atoms with Gasteiger partial charge in [-0.05, 0) is 85.8 Å². The molecule has 34 heavy (non-hydrogen) atoms. The number of anilines is 1. The van der Waals surface area contributed by atoms with Crippen LogP contribution in [0.15, 0.2) is 59.5 Å². The monoisotopic (exact) mass is 500 g/mol. The average Bonchev–Trinajstić information content (AvgIpc) is 2.79. The van der Waals surface area contributed by atoms with E-state index in [2.05, 4.69) is 10.0 Å². The number of carbonyl (C=O) groups is 1. The molecule has 3 aromatic carbocycles. The zero-order valence-electron chi connectivity index (χ0n) is 19.9. The minimum absolute atomic E-state index is 0.0331. The summed E-state index contributed by atoms with van der Waals surface area (Å²) in [5.41, 5.74) is 4.54. The van der Waals surface area contributed by atoms with Crippen LogP contribution >= 0.6 is 11.6 Å². The predicted molar refractivity (Wildman–Crippen MR) is 136 cm³/mol. The number of carbonyl (C=O) groups excluding carboxylic acids is 1. The van der Waals surface area contributed by atoms with Crippen LogP contribution in [0.2, 0.25) is 5.02 Å². The first-order valence-electron chi connectivity index (χ1n) is 10.9. The first-order valence-corrected chi connectivity index (χ1v) is 12.8. The number of nitrogens with one attached hydrogen (secondary N) is 2. The van der Waals surface area contributed by atoms with Crippen molar-refractivity contribution in [2.45, 2.75) is 45.1 Å². The number of hydrogen-bond acceptors (Lipinski definition) is 4. The molecule has 0 aliphatic heterocycles. The number of sulfonamides is 1. The number of rotatable bonds is 8. The standard InChI is InChI=1S/C26H29ClN2O4S/c1-6-23(19-9-12-24(33-5)18(4)13-19)28-26(30)20-8-11-22(27)25(15-20)34(31,32)29-21-10-7-16(2)17(3)14-21/h7-15,23,29H,6H2,1-5H3,(H,28,30)/t23-/m1/s1. The maximum atomic E-state index is 13.1. The molecule has 0 heterocycles. The first-order chi connectivity index (χ1) is 16.1.